The number of hydrogen-bond acceptors (Lipinski definition) is 4. The van der Waals surface area contributed by atoms with Gasteiger partial charge in [-0.3, -0.25) is 4.40 Å². The first-order chi connectivity index (χ1) is 9.26. The minimum absolute atomic E-state index is 0.483. The highest BCUT2D eigenvalue weighted by atomic mass is 79.9. The Morgan fingerprint density at radius 1 is 1.26 bits per heavy atom. The summed E-state index contributed by atoms with van der Waals surface area (Å²) in [6, 6.07) is 7.88. The maximum Gasteiger partial charge on any atom is 0.264 e. The molecule has 0 spiro atoms. The van der Waals surface area contributed by atoms with Crippen LogP contribution in [0.1, 0.15) is 0 Å². The molecular formula is C13H10BrN3OS. The Kier molecular flexibility index (Phi) is 3.44. The van der Waals surface area contributed by atoms with E-state index in [0.29, 0.717) is 16.1 Å². The number of nitrogens with zero attached hydrogens (tertiary/aromatic N) is 3. The normalized spacial score (nSPS) is 10.8. The van der Waals surface area contributed by atoms with Gasteiger partial charge in [-0.05, 0) is 46.5 Å². The maximum atomic E-state index is 5.80. The van der Waals surface area contributed by atoms with Gasteiger partial charge in [-0.2, -0.15) is 0 Å². The fourth-order valence-corrected chi connectivity index (χ4v) is 2.49. The van der Waals surface area contributed by atoms with Crippen LogP contribution >= 0.6 is 27.7 Å². The summed E-state index contributed by atoms with van der Waals surface area (Å²) in [4.78, 5) is 9.75. The van der Waals surface area contributed by atoms with Crippen LogP contribution in [-0.2, 0) is 0 Å². The standard InChI is InChI=1S/C13H10BrN3OS/c1-19-10-4-2-9(3-5-10)18-13-12-15-6-7-17(12)8-11(14)16-13/h2-8H,1H3. The summed E-state index contributed by atoms with van der Waals surface area (Å²) in [5, 5.41) is 0. The second-order valence-electron chi connectivity index (χ2n) is 3.80. The Morgan fingerprint density at radius 2 is 2.05 bits per heavy atom. The quantitative estimate of drug-likeness (QED) is 0.678. The first kappa shape index (κ1) is 12.5. The van der Waals surface area contributed by atoms with Crippen LogP contribution in [0.4, 0.5) is 0 Å². The molecule has 0 saturated carbocycles. The van der Waals surface area contributed by atoms with Crippen molar-refractivity contribution in [1.82, 2.24) is 14.4 Å². The lowest BCUT2D eigenvalue weighted by Crippen LogP contribution is -1.94. The van der Waals surface area contributed by atoms with Crippen molar-refractivity contribution < 1.29 is 4.74 Å². The van der Waals surface area contributed by atoms with Crippen molar-refractivity contribution >= 4 is 33.3 Å². The number of aromatic nitrogens is 3. The van der Waals surface area contributed by atoms with Gasteiger partial charge in [0.2, 0.25) is 5.65 Å². The Bertz CT molecular complexity index is 711. The van der Waals surface area contributed by atoms with Crippen LogP contribution in [0, 0.1) is 0 Å². The molecule has 0 aliphatic carbocycles. The molecule has 6 heteroatoms. The van der Waals surface area contributed by atoms with Crippen molar-refractivity contribution in [3.8, 4) is 11.6 Å². The van der Waals surface area contributed by atoms with Crippen LogP contribution in [0.5, 0.6) is 11.6 Å². The SMILES string of the molecule is CSc1ccc(Oc2nc(Br)cn3ccnc23)cc1. The molecular weight excluding hydrogens is 326 g/mol. The van der Waals surface area contributed by atoms with E-state index in [9.17, 15) is 0 Å². The van der Waals surface area contributed by atoms with E-state index in [2.05, 4.69) is 25.9 Å². The molecule has 0 N–H and O–H groups in total. The van der Waals surface area contributed by atoms with Gasteiger partial charge in [-0.15, -0.1) is 11.8 Å². The van der Waals surface area contributed by atoms with Crippen molar-refractivity contribution in [3.63, 3.8) is 0 Å². The number of benzene rings is 1. The van der Waals surface area contributed by atoms with Gasteiger partial charge in [0.05, 0.1) is 0 Å². The Labute approximate surface area is 123 Å². The third-order valence-corrected chi connectivity index (χ3v) is 3.71. The predicted octanol–water partition coefficient (Wildman–Crippen LogP) is 4.01. The molecule has 0 radical (unpaired) electrons. The zero-order valence-corrected chi connectivity index (χ0v) is 12.5. The fraction of sp³-hybridized carbons (Fsp3) is 0.0769. The van der Waals surface area contributed by atoms with E-state index in [1.54, 1.807) is 18.0 Å². The Morgan fingerprint density at radius 3 is 2.79 bits per heavy atom. The molecule has 0 atom stereocenters. The molecule has 2 heterocycles. The van der Waals surface area contributed by atoms with Crippen LogP contribution in [0.2, 0.25) is 0 Å². The Hall–Kier alpha value is -1.53. The van der Waals surface area contributed by atoms with Crippen molar-refractivity contribution in [2.24, 2.45) is 0 Å². The minimum Gasteiger partial charge on any atom is -0.436 e. The maximum absolute atomic E-state index is 5.80. The third kappa shape index (κ3) is 2.59. The molecule has 96 valence electrons. The first-order valence-corrected chi connectivity index (χ1v) is 7.59. The van der Waals surface area contributed by atoms with Gasteiger partial charge in [-0.1, -0.05) is 0 Å². The topological polar surface area (TPSA) is 39.4 Å². The molecule has 0 fully saturated rings. The van der Waals surface area contributed by atoms with Gasteiger partial charge >= 0.3 is 0 Å². The molecule has 1 aromatic carbocycles. The van der Waals surface area contributed by atoms with Gasteiger partial charge in [-0.25, -0.2) is 9.97 Å². The summed E-state index contributed by atoms with van der Waals surface area (Å²) < 4.78 is 8.36. The number of fused-ring (bicyclic) bond motifs is 1. The molecule has 3 aromatic rings. The fourth-order valence-electron chi connectivity index (χ4n) is 1.70. The van der Waals surface area contributed by atoms with Crippen LogP contribution in [0.3, 0.4) is 0 Å². The van der Waals surface area contributed by atoms with Crippen molar-refractivity contribution in [1.29, 1.82) is 0 Å². The van der Waals surface area contributed by atoms with Crippen molar-refractivity contribution in [2.45, 2.75) is 4.90 Å². The van der Waals surface area contributed by atoms with Crippen LogP contribution in [0.15, 0.2) is 52.4 Å². The number of rotatable bonds is 3. The van der Waals surface area contributed by atoms with E-state index < -0.39 is 0 Å². The van der Waals surface area contributed by atoms with E-state index >= 15 is 0 Å². The number of thioether (sulfide) groups is 1. The number of ether oxygens (including phenoxy) is 1. The zero-order chi connectivity index (χ0) is 13.2. The highest BCUT2D eigenvalue weighted by Crippen LogP contribution is 2.26. The first-order valence-electron chi connectivity index (χ1n) is 5.57. The second-order valence-corrected chi connectivity index (χ2v) is 5.50. The second kappa shape index (κ2) is 5.22. The molecule has 0 aliphatic heterocycles. The molecule has 3 rings (SSSR count). The number of hydrogen-bond donors (Lipinski definition) is 0. The lowest BCUT2D eigenvalue weighted by atomic mass is 10.3. The average Bonchev–Trinajstić information content (AvgIpc) is 2.88. The molecule has 0 unspecified atom stereocenters. The van der Waals surface area contributed by atoms with Crippen molar-refractivity contribution in [2.75, 3.05) is 6.26 Å². The molecule has 2 aromatic heterocycles. The summed E-state index contributed by atoms with van der Waals surface area (Å²) in [5.74, 6) is 1.23. The van der Waals surface area contributed by atoms with Crippen LogP contribution in [0.25, 0.3) is 5.65 Å². The number of imidazole rings is 1. The van der Waals surface area contributed by atoms with Gasteiger partial charge < -0.3 is 4.74 Å². The molecule has 19 heavy (non-hydrogen) atoms. The van der Waals surface area contributed by atoms with E-state index in [1.807, 2.05) is 47.3 Å². The van der Waals surface area contributed by atoms with Gasteiger partial charge in [0.15, 0.2) is 0 Å². The summed E-state index contributed by atoms with van der Waals surface area (Å²) in [7, 11) is 0. The smallest absolute Gasteiger partial charge is 0.264 e. The summed E-state index contributed by atoms with van der Waals surface area (Å²) in [6.45, 7) is 0. The molecule has 0 saturated heterocycles. The van der Waals surface area contributed by atoms with Crippen LogP contribution in [-0.4, -0.2) is 20.6 Å². The summed E-state index contributed by atoms with van der Waals surface area (Å²) >= 11 is 5.06. The Balaban J connectivity index is 1.97. The third-order valence-electron chi connectivity index (χ3n) is 2.59. The average molecular weight is 336 g/mol. The summed E-state index contributed by atoms with van der Waals surface area (Å²) in [6.07, 6.45) is 7.45. The van der Waals surface area contributed by atoms with E-state index in [4.69, 9.17) is 4.74 Å². The zero-order valence-electron chi connectivity index (χ0n) is 10.1. The highest BCUT2D eigenvalue weighted by molar-refractivity contribution is 9.10. The molecule has 0 bridgehead atoms. The minimum atomic E-state index is 0.483. The lowest BCUT2D eigenvalue weighted by molar-refractivity contribution is 0.463. The van der Waals surface area contributed by atoms with Gasteiger partial charge in [0.25, 0.3) is 5.88 Å². The van der Waals surface area contributed by atoms with E-state index in [-0.39, 0.29) is 0 Å². The van der Waals surface area contributed by atoms with Crippen LogP contribution < -0.4 is 4.74 Å². The number of halogens is 1. The van der Waals surface area contributed by atoms with E-state index in [0.717, 1.165) is 5.75 Å². The van der Waals surface area contributed by atoms with Gasteiger partial charge in [0.1, 0.15) is 10.4 Å². The lowest BCUT2D eigenvalue weighted by Gasteiger charge is -2.07. The summed E-state index contributed by atoms with van der Waals surface area (Å²) in [5.41, 5.74) is 0.692. The molecule has 0 amide bonds. The van der Waals surface area contributed by atoms with Crippen molar-refractivity contribution in [3.05, 3.63) is 47.5 Å². The van der Waals surface area contributed by atoms with E-state index in [1.165, 1.54) is 4.90 Å². The monoisotopic (exact) mass is 335 g/mol. The largest absolute Gasteiger partial charge is 0.436 e. The highest BCUT2D eigenvalue weighted by Gasteiger charge is 2.08. The molecule has 4 nitrogen and oxygen atoms in total. The van der Waals surface area contributed by atoms with Gasteiger partial charge in [0, 0.05) is 23.5 Å². The predicted molar refractivity (Wildman–Crippen MR) is 79.0 cm³/mol. The molecule has 0 aliphatic rings.